The van der Waals surface area contributed by atoms with Crippen molar-refractivity contribution in [3.63, 3.8) is 0 Å². The first-order valence-corrected chi connectivity index (χ1v) is 5.74. The van der Waals surface area contributed by atoms with Crippen molar-refractivity contribution in [3.05, 3.63) is 29.8 Å². The van der Waals surface area contributed by atoms with Gasteiger partial charge in [0.1, 0.15) is 5.75 Å². The molecular formula is C14H21NO2. The highest BCUT2D eigenvalue weighted by molar-refractivity contribution is 5.77. The van der Waals surface area contributed by atoms with E-state index >= 15 is 0 Å². The van der Waals surface area contributed by atoms with E-state index in [1.807, 2.05) is 24.3 Å². The van der Waals surface area contributed by atoms with E-state index in [1.165, 1.54) is 10.5 Å². The molecule has 94 valence electrons. The second-order valence-corrected chi connectivity index (χ2v) is 5.35. The molecule has 1 amide bonds. The number of hydrogen-bond donors (Lipinski definition) is 0. The van der Waals surface area contributed by atoms with Crippen molar-refractivity contribution < 1.29 is 9.53 Å². The first-order valence-electron chi connectivity index (χ1n) is 5.74. The van der Waals surface area contributed by atoms with Gasteiger partial charge in [-0.15, -0.1) is 0 Å². The molecule has 0 saturated carbocycles. The highest BCUT2D eigenvalue weighted by Gasteiger charge is 2.13. The molecule has 0 radical (unpaired) electrons. The lowest BCUT2D eigenvalue weighted by Crippen LogP contribution is -2.27. The first kappa shape index (κ1) is 13.6. The van der Waals surface area contributed by atoms with Crippen molar-refractivity contribution in [2.24, 2.45) is 0 Å². The van der Waals surface area contributed by atoms with Crippen LogP contribution in [0.2, 0.25) is 0 Å². The van der Waals surface area contributed by atoms with Crippen LogP contribution in [0.15, 0.2) is 24.3 Å². The highest BCUT2D eigenvalue weighted by atomic mass is 16.5. The van der Waals surface area contributed by atoms with Crippen LogP contribution in [0.3, 0.4) is 0 Å². The van der Waals surface area contributed by atoms with Crippen LogP contribution in [-0.2, 0) is 10.2 Å². The number of carbonyl (C=O) groups is 1. The number of likely N-dealkylation sites (N-methyl/N-ethyl adjacent to an activating group) is 1. The van der Waals surface area contributed by atoms with Crippen molar-refractivity contribution in [2.75, 3.05) is 20.7 Å². The Bertz CT molecular complexity index is 374. The molecule has 1 aromatic rings. The van der Waals surface area contributed by atoms with E-state index in [2.05, 4.69) is 20.8 Å². The first-order chi connectivity index (χ1) is 7.80. The van der Waals surface area contributed by atoms with Gasteiger partial charge >= 0.3 is 0 Å². The molecule has 0 atom stereocenters. The Morgan fingerprint density at radius 2 is 1.71 bits per heavy atom. The standard InChI is InChI=1S/C14H21NO2/c1-14(2,3)11-6-8-12(9-7-11)17-10-13(16)15(4)5/h6-9H,10H2,1-5H3. The summed E-state index contributed by atoms with van der Waals surface area (Å²) in [6, 6.07) is 7.89. The molecule has 0 spiro atoms. The molecule has 3 nitrogen and oxygen atoms in total. The normalized spacial score (nSPS) is 11.1. The molecule has 0 heterocycles. The van der Waals surface area contributed by atoms with Gasteiger partial charge in [0.05, 0.1) is 0 Å². The van der Waals surface area contributed by atoms with Crippen LogP contribution in [0.5, 0.6) is 5.75 Å². The Labute approximate surface area is 103 Å². The molecule has 17 heavy (non-hydrogen) atoms. The van der Waals surface area contributed by atoms with Crippen LogP contribution in [0.4, 0.5) is 0 Å². The van der Waals surface area contributed by atoms with Gasteiger partial charge in [0.15, 0.2) is 6.61 Å². The Morgan fingerprint density at radius 1 is 1.18 bits per heavy atom. The number of hydrogen-bond acceptors (Lipinski definition) is 2. The summed E-state index contributed by atoms with van der Waals surface area (Å²) in [5.41, 5.74) is 1.39. The molecule has 1 aromatic carbocycles. The zero-order valence-corrected chi connectivity index (χ0v) is 11.3. The lowest BCUT2D eigenvalue weighted by Gasteiger charge is -2.19. The summed E-state index contributed by atoms with van der Waals surface area (Å²) in [4.78, 5) is 12.9. The minimum Gasteiger partial charge on any atom is -0.484 e. The quantitative estimate of drug-likeness (QED) is 0.805. The number of amides is 1. The summed E-state index contributed by atoms with van der Waals surface area (Å²) in [6.45, 7) is 6.58. The van der Waals surface area contributed by atoms with Crippen LogP contribution >= 0.6 is 0 Å². The van der Waals surface area contributed by atoms with Gasteiger partial charge in [-0.1, -0.05) is 32.9 Å². The van der Waals surface area contributed by atoms with Crippen molar-refractivity contribution in [1.29, 1.82) is 0 Å². The SMILES string of the molecule is CN(C)C(=O)COc1ccc(C(C)(C)C)cc1. The van der Waals surface area contributed by atoms with Crippen LogP contribution in [0.25, 0.3) is 0 Å². The minimum atomic E-state index is -0.0371. The minimum absolute atomic E-state index is 0.0371. The summed E-state index contributed by atoms with van der Waals surface area (Å²) >= 11 is 0. The summed E-state index contributed by atoms with van der Waals surface area (Å²) in [5, 5.41) is 0. The summed E-state index contributed by atoms with van der Waals surface area (Å²) < 4.78 is 5.41. The maximum Gasteiger partial charge on any atom is 0.259 e. The third-order valence-electron chi connectivity index (χ3n) is 2.58. The number of ether oxygens (including phenoxy) is 1. The second-order valence-electron chi connectivity index (χ2n) is 5.35. The largest absolute Gasteiger partial charge is 0.484 e. The second kappa shape index (κ2) is 5.21. The lowest BCUT2D eigenvalue weighted by molar-refractivity contribution is -0.130. The van der Waals surface area contributed by atoms with Crippen LogP contribution in [0.1, 0.15) is 26.3 Å². The molecule has 0 aliphatic carbocycles. The maximum atomic E-state index is 11.3. The zero-order valence-electron chi connectivity index (χ0n) is 11.3. The average molecular weight is 235 g/mol. The molecule has 0 unspecified atom stereocenters. The highest BCUT2D eigenvalue weighted by Crippen LogP contribution is 2.24. The smallest absolute Gasteiger partial charge is 0.259 e. The molecule has 0 aliphatic heterocycles. The van der Waals surface area contributed by atoms with Gasteiger partial charge < -0.3 is 9.64 Å². The predicted octanol–water partition coefficient (Wildman–Crippen LogP) is 2.45. The Balaban J connectivity index is 2.61. The molecule has 3 heteroatoms. The van der Waals surface area contributed by atoms with Gasteiger partial charge in [-0.25, -0.2) is 0 Å². The van der Waals surface area contributed by atoms with Gasteiger partial charge in [-0.05, 0) is 23.1 Å². The molecule has 0 saturated heterocycles. The molecule has 0 aliphatic rings. The Hall–Kier alpha value is -1.51. The van der Waals surface area contributed by atoms with E-state index < -0.39 is 0 Å². The third kappa shape index (κ3) is 4.10. The molecular weight excluding hydrogens is 214 g/mol. The maximum absolute atomic E-state index is 11.3. The molecule has 0 fully saturated rings. The average Bonchev–Trinajstić information content (AvgIpc) is 2.25. The van der Waals surface area contributed by atoms with Gasteiger partial charge in [0.2, 0.25) is 0 Å². The van der Waals surface area contributed by atoms with E-state index in [-0.39, 0.29) is 17.9 Å². The van der Waals surface area contributed by atoms with Gasteiger partial charge in [0.25, 0.3) is 5.91 Å². The third-order valence-corrected chi connectivity index (χ3v) is 2.58. The molecule has 0 aromatic heterocycles. The topological polar surface area (TPSA) is 29.5 Å². The van der Waals surface area contributed by atoms with Crippen LogP contribution in [-0.4, -0.2) is 31.5 Å². The van der Waals surface area contributed by atoms with Crippen molar-refractivity contribution in [1.82, 2.24) is 4.90 Å². The molecule has 0 N–H and O–H groups in total. The fourth-order valence-electron chi connectivity index (χ4n) is 1.33. The molecule has 0 bridgehead atoms. The zero-order chi connectivity index (χ0) is 13.1. The van der Waals surface area contributed by atoms with Crippen LogP contribution in [0, 0.1) is 0 Å². The monoisotopic (exact) mass is 235 g/mol. The van der Waals surface area contributed by atoms with Gasteiger partial charge in [-0.2, -0.15) is 0 Å². The summed E-state index contributed by atoms with van der Waals surface area (Å²) in [5.74, 6) is 0.693. The summed E-state index contributed by atoms with van der Waals surface area (Å²) in [7, 11) is 3.43. The fraction of sp³-hybridized carbons (Fsp3) is 0.500. The van der Waals surface area contributed by atoms with Gasteiger partial charge in [-0.3, -0.25) is 4.79 Å². The fourth-order valence-corrected chi connectivity index (χ4v) is 1.33. The van der Waals surface area contributed by atoms with Crippen molar-refractivity contribution in [3.8, 4) is 5.75 Å². The Kier molecular flexibility index (Phi) is 4.16. The van der Waals surface area contributed by atoms with E-state index in [0.29, 0.717) is 0 Å². The van der Waals surface area contributed by atoms with E-state index in [4.69, 9.17) is 4.74 Å². The number of rotatable bonds is 3. The van der Waals surface area contributed by atoms with Crippen molar-refractivity contribution in [2.45, 2.75) is 26.2 Å². The number of nitrogens with zero attached hydrogens (tertiary/aromatic N) is 1. The van der Waals surface area contributed by atoms with Crippen LogP contribution < -0.4 is 4.74 Å². The summed E-state index contributed by atoms with van der Waals surface area (Å²) in [6.07, 6.45) is 0. The van der Waals surface area contributed by atoms with E-state index in [1.54, 1.807) is 14.1 Å². The predicted molar refractivity (Wildman–Crippen MR) is 69.3 cm³/mol. The van der Waals surface area contributed by atoms with E-state index in [0.717, 1.165) is 5.75 Å². The molecule has 1 rings (SSSR count). The van der Waals surface area contributed by atoms with Crippen molar-refractivity contribution >= 4 is 5.91 Å². The van der Waals surface area contributed by atoms with E-state index in [9.17, 15) is 4.79 Å². The number of benzene rings is 1. The lowest BCUT2D eigenvalue weighted by atomic mass is 9.87. The van der Waals surface area contributed by atoms with Gasteiger partial charge in [0, 0.05) is 14.1 Å². The number of carbonyl (C=O) groups excluding carboxylic acids is 1. The Morgan fingerprint density at radius 3 is 2.12 bits per heavy atom.